The van der Waals surface area contributed by atoms with Crippen LogP contribution in [0.1, 0.15) is 0 Å². The van der Waals surface area contributed by atoms with Gasteiger partial charge in [-0.1, -0.05) is 0 Å². The zero-order valence-electron chi connectivity index (χ0n) is 2.51. The van der Waals surface area contributed by atoms with Gasteiger partial charge in [-0.05, 0) is 0 Å². The van der Waals surface area contributed by atoms with Crippen molar-refractivity contribution in [3.63, 3.8) is 0 Å². The van der Waals surface area contributed by atoms with Crippen LogP contribution in [0.4, 0.5) is 0 Å². The lowest BCUT2D eigenvalue weighted by Crippen LogP contribution is -1.47. The van der Waals surface area contributed by atoms with Crippen molar-refractivity contribution >= 4 is 20.5 Å². The molecular formula is C2H3OS2-. The first-order valence-corrected chi connectivity index (χ1v) is 3.12. The predicted octanol–water partition coefficient (Wildman–Crippen LogP) is 0.556. The molecule has 0 saturated heterocycles. The van der Waals surface area contributed by atoms with E-state index in [1.807, 2.05) is 0 Å². The summed E-state index contributed by atoms with van der Waals surface area (Å²) in [5.41, 5.74) is 0. The fourth-order valence-electron chi connectivity index (χ4n) is 0. The van der Waals surface area contributed by atoms with E-state index in [1.54, 1.807) is 0 Å². The smallest absolute Gasteiger partial charge is 0.122 e. The fraction of sp³-hybridized carbons (Fsp3) is 0. The zero-order valence-corrected chi connectivity index (χ0v) is 4.14. The summed E-state index contributed by atoms with van der Waals surface area (Å²) in [6, 6.07) is 0. The van der Waals surface area contributed by atoms with E-state index < -0.39 is 9.36 Å². The van der Waals surface area contributed by atoms with E-state index in [-0.39, 0.29) is 0 Å². The molecule has 0 amide bonds. The molecule has 0 unspecified atom stereocenters. The van der Waals surface area contributed by atoms with E-state index in [4.69, 9.17) is 0 Å². The molecule has 0 fully saturated rings. The maximum absolute atomic E-state index is 9.62. The van der Waals surface area contributed by atoms with Crippen LogP contribution < -0.4 is 0 Å². The van der Waals surface area contributed by atoms with Crippen LogP contribution in [0.25, 0.3) is 0 Å². The SMILES string of the molecule is C=C[S-](=O)=S. The lowest BCUT2D eigenvalue weighted by molar-refractivity contribution is 0.607. The molecule has 0 bridgehead atoms. The number of hydrogen-bond acceptors (Lipinski definition) is 3. The molecule has 0 heterocycles. The highest BCUT2D eigenvalue weighted by Crippen LogP contribution is 1.56. The van der Waals surface area contributed by atoms with Gasteiger partial charge in [-0.25, -0.2) is 11.2 Å². The summed E-state index contributed by atoms with van der Waals surface area (Å²) < 4.78 is 9.62. The van der Waals surface area contributed by atoms with Gasteiger partial charge in [0.05, 0.1) is 0 Å². The van der Waals surface area contributed by atoms with Gasteiger partial charge in [0.25, 0.3) is 0 Å². The average molecular weight is 107 g/mol. The minimum Gasteiger partial charge on any atom is -0.447 e. The highest BCUT2D eigenvalue weighted by atomic mass is 32.8. The highest BCUT2D eigenvalue weighted by molar-refractivity contribution is 8.23. The zero-order chi connectivity index (χ0) is 4.28. The van der Waals surface area contributed by atoms with Crippen molar-refractivity contribution in [2.75, 3.05) is 0 Å². The third kappa shape index (κ3) is 4.11. The van der Waals surface area contributed by atoms with Gasteiger partial charge in [-0.3, -0.25) is 0 Å². The lowest BCUT2D eigenvalue weighted by Gasteiger charge is -1.72. The monoisotopic (exact) mass is 107 g/mol. The van der Waals surface area contributed by atoms with Gasteiger partial charge < -0.3 is 4.21 Å². The predicted molar refractivity (Wildman–Crippen MR) is 25.6 cm³/mol. The summed E-state index contributed by atoms with van der Waals surface area (Å²) in [5.74, 6) is 0. The molecule has 0 rings (SSSR count). The third-order valence-corrected chi connectivity index (χ3v) is 0.816. The standard InChI is InChI=1S/C2H3OS2/c1-2-5(3)4/h2H,1H2/q-1. The highest BCUT2D eigenvalue weighted by Gasteiger charge is 1.32. The molecule has 0 radical (unpaired) electrons. The van der Waals surface area contributed by atoms with Crippen LogP contribution in [0, 0.1) is 0 Å². The van der Waals surface area contributed by atoms with Crippen LogP contribution >= 0.6 is 0 Å². The first-order valence-electron chi connectivity index (χ1n) is 0.977. The fourth-order valence-corrected chi connectivity index (χ4v) is 0. The van der Waals surface area contributed by atoms with Crippen molar-refractivity contribution in [2.45, 2.75) is 0 Å². The number of hydrogen-bond donors (Lipinski definition) is 0. The van der Waals surface area contributed by atoms with E-state index in [0.717, 1.165) is 0 Å². The molecule has 30 valence electrons. The average Bonchev–Trinajstić information content (AvgIpc) is 1.38. The summed E-state index contributed by atoms with van der Waals surface area (Å²) in [6.07, 6.45) is 0. The normalized spacial score (nSPS) is 8.20. The lowest BCUT2D eigenvalue weighted by atomic mass is 11.3. The van der Waals surface area contributed by atoms with E-state index in [2.05, 4.69) is 17.8 Å². The van der Waals surface area contributed by atoms with Crippen molar-refractivity contribution in [3.8, 4) is 0 Å². The summed E-state index contributed by atoms with van der Waals surface area (Å²) in [7, 11) is -1.23. The van der Waals surface area contributed by atoms with Crippen LogP contribution in [0.15, 0.2) is 12.0 Å². The molecule has 0 aromatic carbocycles. The summed E-state index contributed by atoms with van der Waals surface area (Å²) in [4.78, 5) is 0. The topological polar surface area (TPSA) is 17.1 Å². The van der Waals surface area contributed by atoms with Crippen LogP contribution in [-0.2, 0) is 24.8 Å². The molecule has 0 spiro atoms. The van der Waals surface area contributed by atoms with Crippen LogP contribution in [0.5, 0.6) is 0 Å². The van der Waals surface area contributed by atoms with Crippen molar-refractivity contribution < 1.29 is 4.21 Å². The van der Waals surface area contributed by atoms with E-state index >= 15 is 0 Å². The van der Waals surface area contributed by atoms with Crippen LogP contribution in [-0.4, -0.2) is 0 Å². The first-order chi connectivity index (χ1) is 2.27. The van der Waals surface area contributed by atoms with Gasteiger partial charge in [-0.15, -0.1) is 6.58 Å². The largest absolute Gasteiger partial charge is 0.447 e. The molecule has 0 aliphatic heterocycles. The van der Waals surface area contributed by atoms with Crippen LogP contribution in [0.2, 0.25) is 0 Å². The molecule has 0 aromatic rings. The van der Waals surface area contributed by atoms with Crippen LogP contribution in [0.3, 0.4) is 0 Å². The van der Waals surface area contributed by atoms with Gasteiger partial charge in [0.15, 0.2) is 0 Å². The molecule has 0 aliphatic rings. The Labute approximate surface area is 37.4 Å². The molecule has 0 N–H and O–H groups in total. The van der Waals surface area contributed by atoms with Crippen molar-refractivity contribution in [3.05, 3.63) is 12.0 Å². The molecule has 0 aromatic heterocycles. The Morgan fingerprint density at radius 3 is 2.20 bits per heavy atom. The second-order valence-electron chi connectivity index (χ2n) is 0.427. The third-order valence-electron chi connectivity index (χ3n) is 0.136. The number of rotatable bonds is 1. The van der Waals surface area contributed by atoms with Gasteiger partial charge in [0.2, 0.25) is 0 Å². The Balaban J connectivity index is 3.69. The second kappa shape index (κ2) is 2.35. The summed E-state index contributed by atoms with van der Waals surface area (Å²) >= 11 is 4.13. The molecule has 3 heteroatoms. The summed E-state index contributed by atoms with van der Waals surface area (Å²) in [6.45, 7) is 3.16. The molecular weight excluding hydrogens is 104 g/mol. The van der Waals surface area contributed by atoms with Gasteiger partial charge in [0, 0.05) is 0 Å². The molecule has 0 saturated carbocycles. The molecule has 0 atom stereocenters. The maximum Gasteiger partial charge on any atom is -0.122 e. The quantitative estimate of drug-likeness (QED) is 0.455. The second-order valence-corrected chi connectivity index (χ2v) is 2.27. The Hall–Kier alpha value is 0.110. The van der Waals surface area contributed by atoms with E-state index in [0.29, 0.717) is 0 Å². The molecule has 0 aliphatic carbocycles. The summed E-state index contributed by atoms with van der Waals surface area (Å²) in [5, 5.41) is 1.20. The Bertz CT molecular complexity index is 83.8. The molecule has 5 heavy (non-hydrogen) atoms. The van der Waals surface area contributed by atoms with E-state index in [9.17, 15) is 4.21 Å². The van der Waals surface area contributed by atoms with E-state index in [1.165, 1.54) is 5.41 Å². The van der Waals surface area contributed by atoms with Crippen molar-refractivity contribution in [2.24, 2.45) is 0 Å². The van der Waals surface area contributed by atoms with Gasteiger partial charge in [0.1, 0.15) is 0 Å². The Morgan fingerprint density at radius 2 is 2.20 bits per heavy atom. The Morgan fingerprint density at radius 1 is 2.00 bits per heavy atom. The minimum atomic E-state index is -1.23. The maximum atomic E-state index is 9.62. The van der Waals surface area contributed by atoms with Gasteiger partial charge in [-0.2, -0.15) is 14.8 Å². The Kier molecular flexibility index (Phi) is 2.41. The van der Waals surface area contributed by atoms with Crippen molar-refractivity contribution in [1.82, 2.24) is 0 Å². The first kappa shape index (κ1) is 5.11. The van der Waals surface area contributed by atoms with Crippen molar-refractivity contribution in [1.29, 1.82) is 0 Å². The minimum absolute atomic E-state index is 1.20. The van der Waals surface area contributed by atoms with Gasteiger partial charge >= 0.3 is 0 Å². The molecule has 1 nitrogen and oxygen atoms in total.